The lowest BCUT2D eigenvalue weighted by Crippen LogP contribution is -2.39. The molecule has 0 radical (unpaired) electrons. The van der Waals surface area contributed by atoms with Crippen molar-refractivity contribution in [2.75, 3.05) is 27.4 Å². The van der Waals surface area contributed by atoms with Crippen molar-refractivity contribution in [1.29, 1.82) is 0 Å². The first-order valence-corrected chi connectivity index (χ1v) is 13.8. The van der Waals surface area contributed by atoms with Crippen LogP contribution in [0.2, 0.25) is 13.1 Å². The molecule has 0 bridgehead atoms. The van der Waals surface area contributed by atoms with Crippen molar-refractivity contribution in [3.63, 3.8) is 0 Å². The van der Waals surface area contributed by atoms with Crippen LogP contribution >= 0.6 is 0 Å². The molecule has 2 aliphatic rings. The predicted octanol–water partition coefficient (Wildman–Crippen LogP) is 6.21. The van der Waals surface area contributed by atoms with Crippen LogP contribution < -0.4 is 0 Å². The highest BCUT2D eigenvalue weighted by Gasteiger charge is 2.44. The van der Waals surface area contributed by atoms with Gasteiger partial charge in [-0.2, -0.15) is 0 Å². The molecule has 2 aliphatic carbocycles. The third-order valence-corrected chi connectivity index (χ3v) is 10.9. The SMILES string of the molecule is COCCC1=CC([Si](C)(C)C2C=C(CCOC)c3ccccc32)c2ccccc21. The molecule has 0 aromatic heterocycles. The standard InChI is InChI=1S/C26H32O2Si/c1-27-15-13-19-17-25(23-11-7-5-9-21(19)23)29(3,4)26-18-20(14-16-28-2)22-10-6-8-12-24(22)26/h5-12,17-18,25-26H,13-16H2,1-4H3. The molecule has 0 N–H and O–H groups in total. The topological polar surface area (TPSA) is 18.5 Å². The normalized spacial score (nSPS) is 20.3. The Morgan fingerprint density at radius 2 is 1.10 bits per heavy atom. The summed E-state index contributed by atoms with van der Waals surface area (Å²) in [5.74, 6) is 0. The van der Waals surface area contributed by atoms with Crippen molar-refractivity contribution >= 4 is 19.2 Å². The van der Waals surface area contributed by atoms with Crippen LogP contribution in [-0.2, 0) is 9.47 Å². The molecule has 2 aromatic rings. The second-order valence-corrected chi connectivity index (χ2v) is 13.7. The van der Waals surface area contributed by atoms with Crippen molar-refractivity contribution < 1.29 is 9.47 Å². The summed E-state index contributed by atoms with van der Waals surface area (Å²) in [5.41, 5.74) is 9.89. The molecule has 0 saturated heterocycles. The maximum Gasteiger partial charge on any atom is 0.0715 e. The Morgan fingerprint density at radius 1 is 0.690 bits per heavy atom. The van der Waals surface area contributed by atoms with Gasteiger partial charge in [0, 0.05) is 14.2 Å². The molecule has 2 unspecified atom stereocenters. The molecular weight excluding hydrogens is 372 g/mol. The van der Waals surface area contributed by atoms with Crippen LogP contribution in [0.1, 0.15) is 46.2 Å². The summed E-state index contributed by atoms with van der Waals surface area (Å²) in [5, 5.41) is 0. The lowest BCUT2D eigenvalue weighted by atomic mass is 10.0. The smallest absolute Gasteiger partial charge is 0.0715 e. The molecule has 2 atom stereocenters. The first-order chi connectivity index (χ1) is 14.1. The lowest BCUT2D eigenvalue weighted by Gasteiger charge is -2.35. The van der Waals surface area contributed by atoms with Gasteiger partial charge in [0.1, 0.15) is 0 Å². The van der Waals surface area contributed by atoms with Gasteiger partial charge in [0.2, 0.25) is 0 Å². The fourth-order valence-corrected chi connectivity index (χ4v) is 8.92. The Kier molecular flexibility index (Phi) is 5.91. The quantitative estimate of drug-likeness (QED) is 0.487. The van der Waals surface area contributed by atoms with Gasteiger partial charge in [-0.3, -0.25) is 0 Å². The molecule has 0 spiro atoms. The van der Waals surface area contributed by atoms with E-state index in [-0.39, 0.29) is 0 Å². The summed E-state index contributed by atoms with van der Waals surface area (Å²) in [7, 11) is 1.85. The van der Waals surface area contributed by atoms with E-state index in [4.69, 9.17) is 9.47 Å². The minimum atomic E-state index is -1.74. The highest BCUT2D eigenvalue weighted by molar-refractivity contribution is 6.81. The van der Waals surface area contributed by atoms with Crippen molar-refractivity contribution in [2.24, 2.45) is 0 Å². The maximum atomic E-state index is 5.39. The van der Waals surface area contributed by atoms with Gasteiger partial charge in [-0.25, -0.2) is 0 Å². The second-order valence-electron chi connectivity index (χ2n) is 8.82. The molecule has 0 heterocycles. The zero-order valence-corrected chi connectivity index (χ0v) is 19.1. The summed E-state index contributed by atoms with van der Waals surface area (Å²) < 4.78 is 10.8. The van der Waals surface area contributed by atoms with E-state index >= 15 is 0 Å². The zero-order chi connectivity index (χ0) is 20.4. The monoisotopic (exact) mass is 404 g/mol. The van der Waals surface area contributed by atoms with Crippen LogP contribution in [0.25, 0.3) is 11.1 Å². The number of rotatable bonds is 8. The van der Waals surface area contributed by atoms with E-state index < -0.39 is 8.07 Å². The maximum absolute atomic E-state index is 5.39. The van der Waals surface area contributed by atoms with Gasteiger partial charge in [0.15, 0.2) is 0 Å². The first kappa shape index (κ1) is 20.3. The Morgan fingerprint density at radius 3 is 1.52 bits per heavy atom. The lowest BCUT2D eigenvalue weighted by molar-refractivity contribution is 0.206. The molecule has 2 nitrogen and oxygen atoms in total. The predicted molar refractivity (Wildman–Crippen MR) is 125 cm³/mol. The first-order valence-electron chi connectivity index (χ1n) is 10.7. The number of fused-ring (bicyclic) bond motifs is 2. The highest BCUT2D eigenvalue weighted by Crippen LogP contribution is 2.51. The second kappa shape index (κ2) is 8.43. The van der Waals surface area contributed by atoms with Gasteiger partial charge in [0.25, 0.3) is 0 Å². The Balaban J connectivity index is 1.73. The van der Waals surface area contributed by atoms with Crippen LogP contribution in [-0.4, -0.2) is 35.5 Å². The van der Waals surface area contributed by atoms with Gasteiger partial charge in [-0.1, -0.05) is 73.8 Å². The molecule has 2 aromatic carbocycles. The Bertz CT molecular complexity index is 866. The van der Waals surface area contributed by atoms with Crippen molar-refractivity contribution in [3.8, 4) is 0 Å². The third-order valence-electron chi connectivity index (χ3n) is 6.77. The molecule has 0 aliphatic heterocycles. The molecule has 152 valence electrons. The van der Waals surface area contributed by atoms with Crippen LogP contribution in [0.3, 0.4) is 0 Å². The Hall–Kier alpha value is -1.94. The third kappa shape index (κ3) is 3.68. The van der Waals surface area contributed by atoms with E-state index in [1.165, 1.54) is 33.4 Å². The van der Waals surface area contributed by atoms with Crippen molar-refractivity contribution in [3.05, 3.63) is 82.9 Å². The summed E-state index contributed by atoms with van der Waals surface area (Å²) in [4.78, 5) is 0. The van der Waals surface area contributed by atoms with Gasteiger partial charge in [0.05, 0.1) is 21.3 Å². The van der Waals surface area contributed by atoms with Gasteiger partial charge >= 0.3 is 0 Å². The summed E-state index contributed by atoms with van der Waals surface area (Å²) in [6.07, 6.45) is 7.12. The van der Waals surface area contributed by atoms with Gasteiger partial charge in [-0.15, -0.1) is 0 Å². The van der Waals surface area contributed by atoms with E-state index in [1.54, 1.807) is 14.2 Å². The summed E-state index contributed by atoms with van der Waals surface area (Å²) in [6.45, 7) is 6.70. The van der Waals surface area contributed by atoms with Crippen LogP contribution in [0.5, 0.6) is 0 Å². The molecule has 0 amide bonds. The van der Waals surface area contributed by atoms with E-state index in [1.807, 2.05) is 0 Å². The number of hydrogen-bond acceptors (Lipinski definition) is 2. The molecule has 0 fully saturated rings. The fourth-order valence-electron chi connectivity index (χ4n) is 5.17. The molecule has 4 rings (SSSR count). The van der Waals surface area contributed by atoms with E-state index in [0.29, 0.717) is 11.1 Å². The van der Waals surface area contributed by atoms with Crippen LogP contribution in [0.4, 0.5) is 0 Å². The van der Waals surface area contributed by atoms with Gasteiger partial charge < -0.3 is 9.47 Å². The fraction of sp³-hybridized carbons (Fsp3) is 0.385. The molecular formula is C26H32O2Si. The van der Waals surface area contributed by atoms with Crippen LogP contribution in [0, 0.1) is 0 Å². The Labute approximate surface area is 176 Å². The molecule has 3 heteroatoms. The summed E-state index contributed by atoms with van der Waals surface area (Å²) in [6, 6.07) is 18.0. The average molecular weight is 405 g/mol. The molecule has 29 heavy (non-hydrogen) atoms. The van der Waals surface area contributed by atoms with E-state index in [2.05, 4.69) is 73.8 Å². The summed E-state index contributed by atoms with van der Waals surface area (Å²) >= 11 is 0. The number of hydrogen-bond donors (Lipinski definition) is 0. The van der Waals surface area contributed by atoms with E-state index in [9.17, 15) is 0 Å². The van der Waals surface area contributed by atoms with E-state index in [0.717, 1.165) is 26.1 Å². The van der Waals surface area contributed by atoms with Gasteiger partial charge in [-0.05, 0) is 57.3 Å². The number of benzene rings is 2. The average Bonchev–Trinajstić information content (AvgIpc) is 3.30. The van der Waals surface area contributed by atoms with Crippen LogP contribution in [0.15, 0.2) is 60.7 Å². The largest absolute Gasteiger partial charge is 0.384 e. The minimum absolute atomic E-state index is 0.529. The zero-order valence-electron chi connectivity index (χ0n) is 18.1. The number of methoxy groups -OCH3 is 2. The van der Waals surface area contributed by atoms with Crippen molar-refractivity contribution in [2.45, 2.75) is 37.0 Å². The highest BCUT2D eigenvalue weighted by atomic mass is 28.3. The molecule has 0 saturated carbocycles. The number of ether oxygens (including phenoxy) is 2. The minimum Gasteiger partial charge on any atom is -0.384 e. The number of allylic oxidation sites excluding steroid dienone is 2. The van der Waals surface area contributed by atoms with Crippen molar-refractivity contribution in [1.82, 2.24) is 0 Å².